The summed E-state index contributed by atoms with van der Waals surface area (Å²) < 4.78 is 0. The number of rotatable bonds is 5. The lowest BCUT2D eigenvalue weighted by molar-refractivity contribution is 0.929. The monoisotopic (exact) mass is 337 g/mol. The van der Waals surface area contributed by atoms with Crippen LogP contribution >= 0.6 is 11.3 Å². The van der Waals surface area contributed by atoms with Crippen molar-refractivity contribution in [2.45, 2.75) is 19.9 Å². The minimum absolute atomic E-state index is 0.419. The summed E-state index contributed by atoms with van der Waals surface area (Å²) in [5, 5.41) is 14.7. The molecular weight excluding hydrogens is 318 g/mol. The van der Waals surface area contributed by atoms with E-state index in [0.717, 1.165) is 40.9 Å². The summed E-state index contributed by atoms with van der Waals surface area (Å²) in [6.45, 7) is 3.32. The summed E-state index contributed by atoms with van der Waals surface area (Å²) in [5.74, 6) is 0. The van der Waals surface area contributed by atoms with E-state index in [9.17, 15) is 5.26 Å². The summed E-state index contributed by atoms with van der Waals surface area (Å²) >= 11 is 1.70. The van der Waals surface area contributed by atoms with Crippen LogP contribution in [0.1, 0.15) is 21.8 Å². The number of aromatic nitrogens is 2. The number of H-pyrrole nitrogens is 1. The van der Waals surface area contributed by atoms with Gasteiger partial charge in [-0.15, -0.1) is 24.2 Å². The van der Waals surface area contributed by atoms with E-state index in [0.29, 0.717) is 12.2 Å². The molecule has 0 unspecified atom stereocenters. The van der Waals surface area contributed by atoms with Crippen molar-refractivity contribution in [1.29, 1.82) is 5.26 Å². The largest absolute Gasteiger partial charge is 0.378 e. The van der Waals surface area contributed by atoms with Crippen LogP contribution in [0.4, 0.5) is 5.69 Å². The predicted octanol–water partition coefficient (Wildman–Crippen LogP) is 3.17. The van der Waals surface area contributed by atoms with Crippen molar-refractivity contribution in [3.8, 4) is 18.9 Å². The van der Waals surface area contributed by atoms with Gasteiger partial charge in [0, 0.05) is 23.5 Å². The van der Waals surface area contributed by atoms with Gasteiger partial charge in [-0.05, 0) is 36.5 Å². The van der Waals surface area contributed by atoms with Crippen LogP contribution in [0.25, 0.3) is 11.0 Å². The molecule has 0 aliphatic rings. The Kier molecular flexibility index (Phi) is 5.97. The Bertz CT molecular complexity index is 868. The van der Waals surface area contributed by atoms with Gasteiger partial charge in [0.25, 0.3) is 0 Å². The van der Waals surface area contributed by atoms with Crippen LogP contribution in [0.2, 0.25) is 0 Å². The van der Waals surface area contributed by atoms with Gasteiger partial charge in [0.05, 0.1) is 16.7 Å². The van der Waals surface area contributed by atoms with E-state index in [1.165, 1.54) is 4.88 Å². The van der Waals surface area contributed by atoms with Crippen molar-refractivity contribution in [2.75, 3.05) is 11.9 Å². The van der Waals surface area contributed by atoms with Gasteiger partial charge in [0.15, 0.2) is 0 Å². The molecule has 3 rings (SSSR count). The zero-order chi connectivity index (χ0) is 17.5. The number of pyridine rings is 1. The average molecular weight is 337 g/mol. The molecule has 0 spiro atoms. The standard InChI is InChI=1S/C16H17N5S.C2H2/c1-10-13(4-5-17)21-16-14(7-11(8-18)20-15(10)16)19-9-12-3-2-6-22-12;1-2/h2-3,6-7,21H,4-5,9,17H2,1H3,(H,19,20);1-2H. The Hall–Kier alpha value is -2.80. The van der Waals surface area contributed by atoms with Gasteiger partial charge in [-0.3, -0.25) is 0 Å². The summed E-state index contributed by atoms with van der Waals surface area (Å²) in [4.78, 5) is 9.08. The molecule has 0 aliphatic carbocycles. The predicted molar refractivity (Wildman–Crippen MR) is 99.8 cm³/mol. The number of terminal acetylenes is 1. The molecule has 122 valence electrons. The first-order valence-electron chi connectivity index (χ1n) is 7.45. The molecule has 0 amide bonds. The maximum Gasteiger partial charge on any atom is 0.143 e. The minimum atomic E-state index is 0.419. The Morgan fingerprint density at radius 2 is 2.25 bits per heavy atom. The van der Waals surface area contributed by atoms with Gasteiger partial charge in [-0.2, -0.15) is 5.26 Å². The zero-order valence-corrected chi connectivity index (χ0v) is 14.3. The molecule has 24 heavy (non-hydrogen) atoms. The Balaban J connectivity index is 0.00000100. The smallest absolute Gasteiger partial charge is 0.143 e. The Labute approximate surface area is 145 Å². The first-order valence-corrected chi connectivity index (χ1v) is 8.33. The second-order valence-electron chi connectivity index (χ2n) is 5.09. The molecule has 3 aromatic heterocycles. The fourth-order valence-corrected chi connectivity index (χ4v) is 3.16. The highest BCUT2D eigenvalue weighted by molar-refractivity contribution is 7.09. The van der Waals surface area contributed by atoms with E-state index in [4.69, 9.17) is 5.73 Å². The highest BCUT2D eigenvalue weighted by Crippen LogP contribution is 2.28. The number of nitrogens with zero attached hydrogens (tertiary/aromatic N) is 2. The molecule has 0 aromatic carbocycles. The molecule has 4 N–H and O–H groups in total. The zero-order valence-electron chi connectivity index (χ0n) is 13.5. The molecule has 0 fully saturated rings. The molecule has 0 saturated heterocycles. The number of hydrogen-bond donors (Lipinski definition) is 3. The Morgan fingerprint density at radius 1 is 1.46 bits per heavy atom. The van der Waals surface area contributed by atoms with Crippen LogP contribution in [-0.4, -0.2) is 16.5 Å². The SMILES string of the molecule is C#C.Cc1c(CCN)[nH]c2c(NCc3cccs3)cc(C#N)nc12. The lowest BCUT2D eigenvalue weighted by Crippen LogP contribution is -2.03. The molecule has 0 saturated carbocycles. The fraction of sp³-hybridized carbons (Fsp3) is 0.222. The molecule has 0 bridgehead atoms. The number of thiophene rings is 1. The van der Waals surface area contributed by atoms with Crippen LogP contribution in [0.15, 0.2) is 23.6 Å². The molecule has 0 atom stereocenters. The number of nitrogens with one attached hydrogen (secondary N) is 2. The third-order valence-corrected chi connectivity index (χ3v) is 4.52. The van der Waals surface area contributed by atoms with Gasteiger partial charge >= 0.3 is 0 Å². The number of nitrogens with two attached hydrogens (primary N) is 1. The van der Waals surface area contributed by atoms with Crippen molar-refractivity contribution in [3.63, 3.8) is 0 Å². The number of aromatic amines is 1. The summed E-state index contributed by atoms with van der Waals surface area (Å²) in [6.07, 6.45) is 8.77. The first-order chi connectivity index (χ1) is 11.7. The maximum atomic E-state index is 9.21. The van der Waals surface area contributed by atoms with Crippen molar-refractivity contribution in [3.05, 3.63) is 45.4 Å². The van der Waals surface area contributed by atoms with Crippen molar-refractivity contribution in [2.24, 2.45) is 5.73 Å². The average Bonchev–Trinajstić information content (AvgIpc) is 3.24. The Morgan fingerprint density at radius 3 is 2.88 bits per heavy atom. The lowest BCUT2D eigenvalue weighted by Gasteiger charge is -2.07. The molecule has 0 aliphatic heterocycles. The van der Waals surface area contributed by atoms with E-state index in [1.807, 2.05) is 13.0 Å². The molecule has 3 heterocycles. The van der Waals surface area contributed by atoms with Crippen LogP contribution in [0, 0.1) is 31.1 Å². The third kappa shape index (κ3) is 3.57. The fourth-order valence-electron chi connectivity index (χ4n) is 2.52. The van der Waals surface area contributed by atoms with Crippen molar-refractivity contribution < 1.29 is 0 Å². The number of nitriles is 1. The van der Waals surface area contributed by atoms with E-state index in [2.05, 4.69) is 45.6 Å². The molecular formula is C18H19N5S. The lowest BCUT2D eigenvalue weighted by atomic mass is 10.2. The topological polar surface area (TPSA) is 90.5 Å². The normalized spacial score (nSPS) is 9.96. The highest BCUT2D eigenvalue weighted by atomic mass is 32.1. The quantitative estimate of drug-likeness (QED) is 0.624. The third-order valence-electron chi connectivity index (χ3n) is 3.65. The van der Waals surface area contributed by atoms with Crippen LogP contribution < -0.4 is 11.1 Å². The number of fused-ring (bicyclic) bond motifs is 1. The van der Waals surface area contributed by atoms with Crippen LogP contribution in [-0.2, 0) is 13.0 Å². The van der Waals surface area contributed by atoms with Gasteiger partial charge in [0.2, 0.25) is 0 Å². The van der Waals surface area contributed by atoms with Crippen molar-refractivity contribution in [1.82, 2.24) is 9.97 Å². The van der Waals surface area contributed by atoms with Crippen LogP contribution in [0.3, 0.4) is 0 Å². The molecule has 0 radical (unpaired) electrons. The van der Waals surface area contributed by atoms with Gasteiger partial charge < -0.3 is 16.0 Å². The second-order valence-corrected chi connectivity index (χ2v) is 6.12. The van der Waals surface area contributed by atoms with E-state index in [-0.39, 0.29) is 0 Å². The molecule has 5 nitrogen and oxygen atoms in total. The minimum Gasteiger partial charge on any atom is -0.378 e. The second kappa shape index (κ2) is 8.16. The summed E-state index contributed by atoms with van der Waals surface area (Å²) in [6, 6.07) is 8.04. The van der Waals surface area contributed by atoms with Crippen molar-refractivity contribution >= 4 is 28.1 Å². The first kappa shape index (κ1) is 17.6. The molecule has 3 aromatic rings. The number of hydrogen-bond acceptors (Lipinski definition) is 5. The maximum absolute atomic E-state index is 9.21. The van der Waals surface area contributed by atoms with E-state index in [1.54, 1.807) is 17.4 Å². The van der Waals surface area contributed by atoms with E-state index < -0.39 is 0 Å². The highest BCUT2D eigenvalue weighted by Gasteiger charge is 2.13. The summed E-state index contributed by atoms with van der Waals surface area (Å²) in [5.41, 5.74) is 10.9. The van der Waals surface area contributed by atoms with Gasteiger partial charge in [-0.25, -0.2) is 4.98 Å². The molecule has 6 heteroatoms. The van der Waals surface area contributed by atoms with Gasteiger partial charge in [-0.1, -0.05) is 6.07 Å². The van der Waals surface area contributed by atoms with Gasteiger partial charge in [0.1, 0.15) is 11.8 Å². The number of anilines is 1. The number of aryl methyl sites for hydroxylation is 1. The van der Waals surface area contributed by atoms with Crippen LogP contribution in [0.5, 0.6) is 0 Å². The summed E-state index contributed by atoms with van der Waals surface area (Å²) in [7, 11) is 0. The van der Waals surface area contributed by atoms with E-state index >= 15 is 0 Å².